The fourth-order valence-electron chi connectivity index (χ4n) is 3.24. The monoisotopic (exact) mass is 372 g/mol. The van der Waals surface area contributed by atoms with Crippen molar-refractivity contribution >= 4 is 22.2 Å². The SMILES string of the molecule is Cc1cn2c(=O)cc(CN3CCNC(=O)C3c3ccc(F)cc3)nc2s1. The second-order valence-corrected chi connectivity index (χ2v) is 7.51. The molecule has 0 bridgehead atoms. The Morgan fingerprint density at radius 2 is 2.08 bits per heavy atom. The molecule has 3 aromatic rings. The number of carbonyl (C=O) groups excluding carboxylic acids is 1. The zero-order chi connectivity index (χ0) is 18.3. The number of rotatable bonds is 3. The summed E-state index contributed by atoms with van der Waals surface area (Å²) in [5.74, 6) is -0.475. The molecule has 1 saturated heterocycles. The quantitative estimate of drug-likeness (QED) is 0.762. The maximum absolute atomic E-state index is 13.2. The molecule has 26 heavy (non-hydrogen) atoms. The van der Waals surface area contributed by atoms with E-state index < -0.39 is 6.04 Å². The lowest BCUT2D eigenvalue weighted by Gasteiger charge is -2.35. The summed E-state index contributed by atoms with van der Waals surface area (Å²) in [6.45, 7) is 3.45. The third kappa shape index (κ3) is 3.13. The Hall–Kier alpha value is -2.58. The highest BCUT2D eigenvalue weighted by Crippen LogP contribution is 2.25. The molecule has 134 valence electrons. The van der Waals surface area contributed by atoms with Crippen molar-refractivity contribution in [1.82, 2.24) is 19.6 Å². The van der Waals surface area contributed by atoms with Crippen LogP contribution in [0, 0.1) is 12.7 Å². The number of benzene rings is 1. The highest BCUT2D eigenvalue weighted by molar-refractivity contribution is 7.16. The first-order valence-corrected chi connectivity index (χ1v) is 9.09. The van der Waals surface area contributed by atoms with Crippen LogP contribution in [0.4, 0.5) is 4.39 Å². The molecule has 1 unspecified atom stereocenters. The Bertz CT molecular complexity index is 1030. The highest BCUT2D eigenvalue weighted by Gasteiger charge is 2.31. The van der Waals surface area contributed by atoms with Gasteiger partial charge in [-0.1, -0.05) is 12.1 Å². The van der Waals surface area contributed by atoms with E-state index in [1.165, 1.54) is 33.9 Å². The Morgan fingerprint density at radius 3 is 2.85 bits per heavy atom. The van der Waals surface area contributed by atoms with Crippen molar-refractivity contribution in [1.29, 1.82) is 0 Å². The van der Waals surface area contributed by atoms with Crippen LogP contribution < -0.4 is 10.9 Å². The van der Waals surface area contributed by atoms with Crippen LogP contribution in [0.2, 0.25) is 0 Å². The second kappa shape index (κ2) is 6.62. The maximum atomic E-state index is 13.2. The minimum atomic E-state index is -0.533. The van der Waals surface area contributed by atoms with E-state index in [1.54, 1.807) is 18.3 Å². The summed E-state index contributed by atoms with van der Waals surface area (Å²) in [6.07, 6.45) is 1.77. The zero-order valence-electron chi connectivity index (χ0n) is 14.1. The first-order chi connectivity index (χ1) is 12.5. The van der Waals surface area contributed by atoms with Gasteiger partial charge >= 0.3 is 0 Å². The third-order valence-corrected chi connectivity index (χ3v) is 5.30. The van der Waals surface area contributed by atoms with Gasteiger partial charge in [0.05, 0.1) is 5.69 Å². The van der Waals surface area contributed by atoms with Crippen LogP contribution in [0.15, 0.2) is 41.3 Å². The number of hydrogen-bond donors (Lipinski definition) is 1. The van der Waals surface area contributed by atoms with E-state index in [0.29, 0.717) is 35.9 Å². The molecule has 1 N–H and O–H groups in total. The van der Waals surface area contributed by atoms with Crippen LogP contribution in [-0.2, 0) is 11.3 Å². The molecule has 0 radical (unpaired) electrons. The van der Waals surface area contributed by atoms with Gasteiger partial charge in [-0.05, 0) is 24.6 Å². The molecule has 1 aliphatic heterocycles. The zero-order valence-corrected chi connectivity index (χ0v) is 14.9. The number of nitrogens with zero attached hydrogens (tertiary/aromatic N) is 3. The fraction of sp³-hybridized carbons (Fsp3) is 0.278. The van der Waals surface area contributed by atoms with Gasteiger partial charge in [-0.3, -0.25) is 18.9 Å². The first-order valence-electron chi connectivity index (χ1n) is 8.27. The van der Waals surface area contributed by atoms with Crippen LogP contribution in [-0.4, -0.2) is 33.3 Å². The molecule has 4 rings (SSSR count). The second-order valence-electron chi connectivity index (χ2n) is 6.30. The number of hydrogen-bond acceptors (Lipinski definition) is 5. The van der Waals surface area contributed by atoms with Gasteiger partial charge in [0.15, 0.2) is 4.96 Å². The third-order valence-electron chi connectivity index (χ3n) is 4.40. The number of aromatic nitrogens is 2. The van der Waals surface area contributed by atoms with Gasteiger partial charge in [0.2, 0.25) is 5.91 Å². The largest absolute Gasteiger partial charge is 0.353 e. The highest BCUT2D eigenvalue weighted by atomic mass is 32.1. The van der Waals surface area contributed by atoms with Crippen LogP contribution in [0.5, 0.6) is 0 Å². The number of aryl methyl sites for hydroxylation is 1. The Morgan fingerprint density at radius 1 is 1.31 bits per heavy atom. The number of amides is 1. The van der Waals surface area contributed by atoms with Crippen molar-refractivity contribution < 1.29 is 9.18 Å². The van der Waals surface area contributed by atoms with Gasteiger partial charge in [0.25, 0.3) is 5.56 Å². The van der Waals surface area contributed by atoms with E-state index in [0.717, 1.165) is 4.88 Å². The molecule has 1 aromatic carbocycles. The van der Waals surface area contributed by atoms with Crippen LogP contribution in [0.3, 0.4) is 0 Å². The minimum Gasteiger partial charge on any atom is -0.353 e. The summed E-state index contributed by atoms with van der Waals surface area (Å²) in [6, 6.07) is 6.90. The molecule has 1 atom stereocenters. The van der Waals surface area contributed by atoms with Gasteiger partial charge in [-0.25, -0.2) is 9.37 Å². The average Bonchev–Trinajstić information content (AvgIpc) is 2.97. The van der Waals surface area contributed by atoms with Gasteiger partial charge in [0, 0.05) is 36.8 Å². The molecular formula is C18H17FN4O2S. The first kappa shape index (κ1) is 16.9. The summed E-state index contributed by atoms with van der Waals surface area (Å²) in [5, 5.41) is 2.85. The van der Waals surface area contributed by atoms with Crippen molar-refractivity contribution in [2.45, 2.75) is 19.5 Å². The van der Waals surface area contributed by atoms with Crippen molar-refractivity contribution in [2.75, 3.05) is 13.1 Å². The van der Waals surface area contributed by atoms with Gasteiger partial charge < -0.3 is 5.32 Å². The van der Waals surface area contributed by atoms with Gasteiger partial charge in [0.1, 0.15) is 11.9 Å². The van der Waals surface area contributed by atoms with E-state index >= 15 is 0 Å². The van der Waals surface area contributed by atoms with Crippen molar-refractivity contribution in [3.8, 4) is 0 Å². The topological polar surface area (TPSA) is 66.7 Å². The lowest BCUT2D eigenvalue weighted by atomic mass is 10.0. The van der Waals surface area contributed by atoms with Crippen LogP contribution >= 0.6 is 11.3 Å². The molecule has 2 aromatic heterocycles. The fourth-order valence-corrected chi connectivity index (χ4v) is 4.09. The molecule has 0 aliphatic carbocycles. The molecule has 0 saturated carbocycles. The smallest absolute Gasteiger partial charge is 0.258 e. The Balaban J connectivity index is 1.67. The van der Waals surface area contributed by atoms with Crippen LogP contribution in [0.1, 0.15) is 22.2 Å². The van der Waals surface area contributed by atoms with E-state index in [9.17, 15) is 14.0 Å². The molecule has 8 heteroatoms. The number of piperazine rings is 1. The molecule has 1 fully saturated rings. The Labute approximate surface area is 152 Å². The molecule has 6 nitrogen and oxygen atoms in total. The molecule has 1 aliphatic rings. The summed E-state index contributed by atoms with van der Waals surface area (Å²) < 4.78 is 14.8. The lowest BCUT2D eigenvalue weighted by molar-refractivity contribution is -0.129. The summed E-state index contributed by atoms with van der Waals surface area (Å²) >= 11 is 1.45. The Kier molecular flexibility index (Phi) is 4.29. The summed E-state index contributed by atoms with van der Waals surface area (Å²) in [7, 11) is 0. The van der Waals surface area contributed by atoms with E-state index in [-0.39, 0.29) is 17.3 Å². The predicted octanol–water partition coefficient (Wildman–Crippen LogP) is 1.88. The van der Waals surface area contributed by atoms with Crippen LogP contribution in [0.25, 0.3) is 4.96 Å². The summed E-state index contributed by atoms with van der Waals surface area (Å²) in [4.78, 5) is 32.9. The molecule has 1 amide bonds. The van der Waals surface area contributed by atoms with Crippen molar-refractivity contribution in [2.24, 2.45) is 0 Å². The van der Waals surface area contributed by atoms with Crippen molar-refractivity contribution in [3.63, 3.8) is 0 Å². The van der Waals surface area contributed by atoms with Gasteiger partial charge in [-0.15, -0.1) is 11.3 Å². The standard InChI is InChI=1S/C18H17FN4O2S/c1-11-9-23-15(24)8-14(21-18(23)26-11)10-22-7-6-20-17(25)16(22)12-2-4-13(19)5-3-12/h2-5,8-9,16H,6-7,10H2,1H3,(H,20,25). The number of thiazole rings is 1. The van der Waals surface area contributed by atoms with Gasteiger partial charge in [-0.2, -0.15) is 0 Å². The molecule has 0 spiro atoms. The number of carbonyl (C=O) groups is 1. The lowest BCUT2D eigenvalue weighted by Crippen LogP contribution is -2.49. The van der Waals surface area contributed by atoms with E-state index in [4.69, 9.17) is 0 Å². The normalized spacial score (nSPS) is 18.2. The molecule has 3 heterocycles. The minimum absolute atomic E-state index is 0.130. The maximum Gasteiger partial charge on any atom is 0.258 e. The number of halogens is 1. The number of fused-ring (bicyclic) bond motifs is 1. The number of nitrogens with one attached hydrogen (secondary N) is 1. The summed E-state index contributed by atoms with van der Waals surface area (Å²) in [5.41, 5.74) is 1.21. The molecular weight excluding hydrogens is 355 g/mol. The van der Waals surface area contributed by atoms with Crippen molar-refractivity contribution in [3.05, 3.63) is 68.8 Å². The van der Waals surface area contributed by atoms with E-state index in [1.807, 2.05) is 11.8 Å². The van der Waals surface area contributed by atoms with E-state index in [2.05, 4.69) is 10.3 Å². The predicted molar refractivity (Wildman–Crippen MR) is 96.6 cm³/mol. The average molecular weight is 372 g/mol.